The molecule has 3 nitrogen and oxygen atoms in total. The molecule has 1 aromatic rings. The van der Waals surface area contributed by atoms with Gasteiger partial charge < -0.3 is 4.74 Å². The van der Waals surface area contributed by atoms with E-state index in [0.717, 1.165) is 26.0 Å². The Balaban J connectivity index is 1.84. The van der Waals surface area contributed by atoms with Crippen molar-refractivity contribution in [2.24, 2.45) is 5.10 Å². The number of nitrogens with zero attached hydrogens (tertiary/aromatic N) is 2. The lowest BCUT2D eigenvalue weighted by molar-refractivity contribution is 0.118. The number of hydrogen-bond acceptors (Lipinski definition) is 4. The molecule has 0 bridgehead atoms. The van der Waals surface area contributed by atoms with Crippen LogP contribution in [0.25, 0.3) is 0 Å². The zero-order valence-electron chi connectivity index (χ0n) is 16.1. The minimum Gasteiger partial charge on any atom is -0.382 e. The Morgan fingerprint density at radius 1 is 1.35 bits per heavy atom. The molecule has 140 valence electrons. The second-order valence-electron chi connectivity index (χ2n) is 7.05. The van der Waals surface area contributed by atoms with Crippen molar-refractivity contribution in [3.63, 3.8) is 0 Å². The van der Waals surface area contributed by atoms with Gasteiger partial charge in [0.2, 0.25) is 0 Å². The average molecular weight is 371 g/mol. The van der Waals surface area contributed by atoms with Crippen molar-refractivity contribution in [1.82, 2.24) is 5.01 Å². The lowest BCUT2D eigenvalue weighted by Crippen LogP contribution is -2.32. The molecule has 0 amide bonds. The smallest absolute Gasteiger partial charge is 0.0773 e. The topological polar surface area (TPSA) is 24.8 Å². The van der Waals surface area contributed by atoms with E-state index in [4.69, 9.17) is 9.84 Å². The van der Waals surface area contributed by atoms with Gasteiger partial charge in [-0.15, -0.1) is 11.8 Å². The number of aryl methyl sites for hydroxylation is 1. The van der Waals surface area contributed by atoms with E-state index in [2.05, 4.69) is 61.3 Å². The quantitative estimate of drug-likeness (QED) is 0.463. The number of hydrazone groups is 1. The van der Waals surface area contributed by atoms with Crippen molar-refractivity contribution in [3.8, 4) is 0 Å². The fourth-order valence-corrected chi connectivity index (χ4v) is 4.64. The van der Waals surface area contributed by atoms with Crippen LogP contribution in [0, 0.1) is 6.92 Å². The van der Waals surface area contributed by atoms with E-state index in [1.165, 1.54) is 34.6 Å². The summed E-state index contributed by atoms with van der Waals surface area (Å²) < 4.78 is 5.41. The van der Waals surface area contributed by atoms with Gasteiger partial charge in [0.05, 0.1) is 23.6 Å². The van der Waals surface area contributed by atoms with Crippen molar-refractivity contribution in [2.45, 2.75) is 55.7 Å². The Morgan fingerprint density at radius 2 is 2.15 bits per heavy atom. The van der Waals surface area contributed by atoms with E-state index in [9.17, 15) is 0 Å². The molecule has 3 rings (SSSR count). The van der Waals surface area contributed by atoms with Gasteiger partial charge in [-0.3, -0.25) is 5.01 Å². The minimum atomic E-state index is 0.368. The summed E-state index contributed by atoms with van der Waals surface area (Å²) in [5.74, 6) is 0. The van der Waals surface area contributed by atoms with Gasteiger partial charge in [0.15, 0.2) is 0 Å². The van der Waals surface area contributed by atoms with Crippen LogP contribution < -0.4 is 0 Å². The standard InChI is InChI=1S/C22H30N2OS/c1-4-21(26-20-13-11-17(2)12-14-20)22(18-8-5-6-9-18)23-24-15-7-10-19(24)16-25-3/h5-6,8,11-14,19,21H,4,7,9-10,15-16H2,1-3H3/b23-22+. The van der Waals surface area contributed by atoms with E-state index in [0.29, 0.717) is 11.3 Å². The number of rotatable bonds is 8. The Morgan fingerprint density at radius 3 is 2.81 bits per heavy atom. The summed E-state index contributed by atoms with van der Waals surface area (Å²) in [6.07, 6.45) is 11.0. The summed E-state index contributed by atoms with van der Waals surface area (Å²) in [5, 5.41) is 7.83. The van der Waals surface area contributed by atoms with E-state index < -0.39 is 0 Å². The third kappa shape index (κ3) is 4.80. The van der Waals surface area contributed by atoms with E-state index in [1.54, 1.807) is 7.11 Å². The first-order valence-corrected chi connectivity index (χ1v) is 10.5. The molecule has 1 aromatic carbocycles. The van der Waals surface area contributed by atoms with Gasteiger partial charge in [0.1, 0.15) is 0 Å². The van der Waals surface area contributed by atoms with Crippen LogP contribution in [0.3, 0.4) is 0 Å². The number of benzene rings is 1. The highest BCUT2D eigenvalue weighted by Gasteiger charge is 2.27. The van der Waals surface area contributed by atoms with E-state index in [-0.39, 0.29) is 0 Å². The van der Waals surface area contributed by atoms with Crippen molar-refractivity contribution < 1.29 is 4.74 Å². The maximum absolute atomic E-state index is 5.41. The van der Waals surface area contributed by atoms with Crippen LogP contribution in [0.2, 0.25) is 0 Å². The molecule has 26 heavy (non-hydrogen) atoms. The third-order valence-electron chi connectivity index (χ3n) is 5.02. The highest BCUT2D eigenvalue weighted by Crippen LogP contribution is 2.31. The molecule has 2 atom stereocenters. The first-order valence-electron chi connectivity index (χ1n) is 9.64. The van der Waals surface area contributed by atoms with Crippen molar-refractivity contribution >= 4 is 17.5 Å². The van der Waals surface area contributed by atoms with Crippen LogP contribution >= 0.6 is 11.8 Å². The molecule has 1 saturated heterocycles. The first-order chi connectivity index (χ1) is 12.7. The second kappa shape index (κ2) is 9.43. The summed E-state index contributed by atoms with van der Waals surface area (Å²) >= 11 is 1.93. The van der Waals surface area contributed by atoms with Gasteiger partial charge >= 0.3 is 0 Å². The summed E-state index contributed by atoms with van der Waals surface area (Å²) in [6.45, 7) is 6.19. The molecule has 0 spiro atoms. The number of methoxy groups -OCH3 is 1. The maximum Gasteiger partial charge on any atom is 0.0773 e. The SMILES string of the molecule is CCC(Sc1ccc(C)cc1)/C(=N/N1CCCC1COC)C1=CC=CC1. The average Bonchev–Trinajstić information content (AvgIpc) is 3.32. The largest absolute Gasteiger partial charge is 0.382 e. The van der Waals surface area contributed by atoms with Crippen LogP contribution in [0.15, 0.2) is 58.1 Å². The van der Waals surface area contributed by atoms with Crippen LogP contribution in [-0.2, 0) is 4.74 Å². The molecular formula is C22H30N2OS. The lowest BCUT2D eigenvalue weighted by atomic mass is 10.1. The Hall–Kier alpha value is -1.52. The molecule has 4 heteroatoms. The predicted molar refractivity (Wildman–Crippen MR) is 112 cm³/mol. The molecule has 0 aromatic heterocycles. The fraction of sp³-hybridized carbons (Fsp3) is 0.500. The van der Waals surface area contributed by atoms with Gasteiger partial charge in [-0.25, -0.2) is 0 Å². The van der Waals surface area contributed by atoms with Gasteiger partial charge in [-0.05, 0) is 50.3 Å². The van der Waals surface area contributed by atoms with E-state index in [1.807, 2.05) is 11.8 Å². The van der Waals surface area contributed by atoms with Crippen LogP contribution in [0.5, 0.6) is 0 Å². The van der Waals surface area contributed by atoms with Gasteiger partial charge in [-0.1, -0.05) is 42.8 Å². The second-order valence-corrected chi connectivity index (χ2v) is 8.33. The molecule has 1 fully saturated rings. The Bertz CT molecular complexity index is 678. The van der Waals surface area contributed by atoms with Gasteiger partial charge in [-0.2, -0.15) is 5.10 Å². The summed E-state index contributed by atoms with van der Waals surface area (Å²) in [5.41, 5.74) is 3.91. The monoisotopic (exact) mass is 370 g/mol. The molecule has 1 aliphatic heterocycles. The minimum absolute atomic E-state index is 0.368. The predicted octanol–water partition coefficient (Wildman–Crippen LogP) is 5.22. The summed E-state index contributed by atoms with van der Waals surface area (Å²) in [7, 11) is 1.78. The number of allylic oxidation sites excluding steroid dienone is 4. The van der Waals surface area contributed by atoms with Gasteiger partial charge in [0, 0.05) is 18.6 Å². The highest BCUT2D eigenvalue weighted by molar-refractivity contribution is 8.00. The third-order valence-corrected chi connectivity index (χ3v) is 6.40. The highest BCUT2D eigenvalue weighted by atomic mass is 32.2. The maximum atomic E-state index is 5.41. The zero-order chi connectivity index (χ0) is 18.4. The van der Waals surface area contributed by atoms with E-state index >= 15 is 0 Å². The van der Waals surface area contributed by atoms with Crippen molar-refractivity contribution in [3.05, 3.63) is 53.6 Å². The molecular weight excluding hydrogens is 340 g/mol. The molecule has 0 N–H and O–H groups in total. The van der Waals surface area contributed by atoms with Crippen molar-refractivity contribution in [2.75, 3.05) is 20.3 Å². The summed E-state index contributed by atoms with van der Waals surface area (Å²) in [4.78, 5) is 1.32. The molecule has 1 aliphatic carbocycles. The fourth-order valence-electron chi connectivity index (χ4n) is 3.54. The number of hydrogen-bond donors (Lipinski definition) is 0. The zero-order valence-corrected chi connectivity index (χ0v) is 17.0. The first kappa shape index (κ1) is 19.2. The lowest BCUT2D eigenvalue weighted by Gasteiger charge is -2.26. The normalized spacial score (nSPS) is 21.3. The molecule has 2 aliphatic rings. The number of ether oxygens (including phenoxy) is 1. The molecule has 0 radical (unpaired) electrons. The Labute approximate surface area is 162 Å². The molecule has 2 unspecified atom stereocenters. The van der Waals surface area contributed by atoms with Crippen LogP contribution in [0.1, 0.15) is 38.2 Å². The van der Waals surface area contributed by atoms with Crippen LogP contribution in [-0.4, -0.2) is 42.3 Å². The molecule has 1 heterocycles. The van der Waals surface area contributed by atoms with Crippen molar-refractivity contribution in [1.29, 1.82) is 0 Å². The van der Waals surface area contributed by atoms with Crippen LogP contribution in [0.4, 0.5) is 0 Å². The van der Waals surface area contributed by atoms with Gasteiger partial charge in [0.25, 0.3) is 0 Å². The Kier molecular flexibility index (Phi) is 6.98. The summed E-state index contributed by atoms with van der Waals surface area (Å²) in [6, 6.07) is 9.25. The number of thioether (sulfide) groups is 1. The molecule has 0 saturated carbocycles.